The van der Waals surface area contributed by atoms with Crippen LogP contribution < -0.4 is 10.8 Å². The molecular weight excluding hydrogens is 222 g/mol. The fourth-order valence-electron chi connectivity index (χ4n) is 1.57. The number of carboxylic acids is 2. The Morgan fingerprint density at radius 2 is 1.88 bits per heavy atom. The number of carboxylic acid groups (broad SMARTS) is 2. The minimum absolute atomic E-state index is 0.132. The molecule has 0 aliphatic carbocycles. The quantitative estimate of drug-likeness (QED) is 0.686. The van der Waals surface area contributed by atoms with Gasteiger partial charge in [0, 0.05) is 6.04 Å². The minimum atomic E-state index is -1.43. The molecule has 3 N–H and O–H groups in total. The second-order valence-corrected chi connectivity index (χ2v) is 3.89. The van der Waals surface area contributed by atoms with E-state index in [4.69, 9.17) is 10.8 Å². The number of benzene rings is 1. The number of hydrogen-bond acceptors (Lipinski definition) is 4. The van der Waals surface area contributed by atoms with Crippen LogP contribution in [0.5, 0.6) is 0 Å². The van der Waals surface area contributed by atoms with Gasteiger partial charge in [-0.25, -0.2) is 0 Å². The fourth-order valence-corrected chi connectivity index (χ4v) is 1.57. The van der Waals surface area contributed by atoms with E-state index in [1.54, 1.807) is 24.3 Å². The van der Waals surface area contributed by atoms with Crippen LogP contribution in [-0.2, 0) is 16.0 Å². The van der Waals surface area contributed by atoms with Gasteiger partial charge in [-0.3, -0.25) is 4.79 Å². The lowest BCUT2D eigenvalue weighted by Crippen LogP contribution is -2.44. The first-order valence-corrected chi connectivity index (χ1v) is 5.24. The molecule has 0 radical (unpaired) electrons. The summed E-state index contributed by atoms with van der Waals surface area (Å²) in [6, 6.07) is 7.76. The number of nitrogens with two attached hydrogens (primary N) is 1. The summed E-state index contributed by atoms with van der Waals surface area (Å²) >= 11 is 0. The van der Waals surface area contributed by atoms with Crippen molar-refractivity contribution < 1.29 is 19.8 Å². The van der Waals surface area contributed by atoms with E-state index in [-0.39, 0.29) is 12.8 Å². The van der Waals surface area contributed by atoms with Gasteiger partial charge in [0.15, 0.2) is 0 Å². The number of carbonyl (C=O) groups is 2. The van der Waals surface area contributed by atoms with Crippen molar-refractivity contribution in [1.29, 1.82) is 0 Å². The molecule has 92 valence electrons. The van der Waals surface area contributed by atoms with Crippen LogP contribution in [0.2, 0.25) is 0 Å². The van der Waals surface area contributed by atoms with E-state index in [9.17, 15) is 14.7 Å². The predicted molar refractivity (Wildman–Crippen MR) is 58.9 cm³/mol. The Kier molecular flexibility index (Phi) is 4.66. The van der Waals surface area contributed by atoms with Gasteiger partial charge in [-0.1, -0.05) is 30.3 Å². The molecule has 1 aromatic rings. The summed E-state index contributed by atoms with van der Waals surface area (Å²) in [6.07, 6.45) is 0.129. The highest BCUT2D eigenvalue weighted by molar-refractivity contribution is 5.74. The first kappa shape index (κ1) is 13.2. The van der Waals surface area contributed by atoms with E-state index in [2.05, 4.69) is 0 Å². The maximum atomic E-state index is 11.0. The molecule has 0 heterocycles. The van der Waals surface area contributed by atoms with Crippen LogP contribution in [0.3, 0.4) is 0 Å². The Hall–Kier alpha value is -1.88. The predicted octanol–water partition coefficient (Wildman–Crippen LogP) is -0.603. The highest BCUT2D eigenvalue weighted by Gasteiger charge is 2.21. The molecule has 0 amide bonds. The van der Waals surface area contributed by atoms with E-state index >= 15 is 0 Å². The highest BCUT2D eigenvalue weighted by Crippen LogP contribution is 2.14. The van der Waals surface area contributed by atoms with Gasteiger partial charge in [-0.15, -0.1) is 0 Å². The summed E-state index contributed by atoms with van der Waals surface area (Å²) in [7, 11) is 0. The molecule has 0 aromatic heterocycles. The zero-order chi connectivity index (χ0) is 12.8. The molecule has 0 aliphatic rings. The monoisotopic (exact) mass is 236 g/mol. The average Bonchev–Trinajstić information content (AvgIpc) is 2.29. The first-order chi connectivity index (χ1) is 8.00. The largest absolute Gasteiger partial charge is 0.548 e. The van der Waals surface area contributed by atoms with Gasteiger partial charge in [0.05, 0.1) is 11.9 Å². The molecule has 0 saturated heterocycles. The zero-order valence-electron chi connectivity index (χ0n) is 9.20. The minimum Gasteiger partial charge on any atom is -0.548 e. The Morgan fingerprint density at radius 1 is 1.29 bits per heavy atom. The first-order valence-electron chi connectivity index (χ1n) is 5.24. The highest BCUT2D eigenvalue weighted by atomic mass is 16.4. The number of rotatable bonds is 6. The van der Waals surface area contributed by atoms with E-state index in [1.807, 2.05) is 6.07 Å². The summed E-state index contributed by atoms with van der Waals surface area (Å²) in [5.41, 5.74) is 6.12. The van der Waals surface area contributed by atoms with Crippen LogP contribution in [0.15, 0.2) is 30.3 Å². The molecule has 1 rings (SSSR count). The number of aliphatic carboxylic acids is 2. The van der Waals surface area contributed by atoms with Crippen LogP contribution in [0.25, 0.3) is 0 Å². The van der Waals surface area contributed by atoms with Crippen molar-refractivity contribution in [2.45, 2.75) is 18.9 Å². The van der Waals surface area contributed by atoms with Crippen molar-refractivity contribution in [2.75, 3.05) is 0 Å². The molecule has 17 heavy (non-hydrogen) atoms. The van der Waals surface area contributed by atoms with E-state index in [0.29, 0.717) is 0 Å². The SMILES string of the molecule is NC(CC(Cc1ccccc1)C(=O)O)C(=O)[O-]. The van der Waals surface area contributed by atoms with Crippen LogP contribution in [0.1, 0.15) is 12.0 Å². The molecule has 2 atom stereocenters. The lowest BCUT2D eigenvalue weighted by atomic mass is 9.93. The van der Waals surface area contributed by atoms with Crippen LogP contribution in [0.4, 0.5) is 0 Å². The topological polar surface area (TPSA) is 103 Å². The van der Waals surface area contributed by atoms with Crippen molar-refractivity contribution in [3.8, 4) is 0 Å². The molecule has 5 heteroatoms. The summed E-state index contributed by atoms with van der Waals surface area (Å²) in [5.74, 6) is -3.29. The Balaban J connectivity index is 2.67. The lowest BCUT2D eigenvalue weighted by Gasteiger charge is -2.18. The standard InChI is InChI=1S/C12H15NO4/c13-10(12(16)17)7-9(11(14)15)6-8-4-2-1-3-5-8/h1-5,9-10H,6-7,13H2,(H,14,15)(H,16,17)/p-1. The van der Waals surface area contributed by atoms with Crippen LogP contribution in [-0.4, -0.2) is 23.1 Å². The zero-order valence-corrected chi connectivity index (χ0v) is 9.20. The van der Waals surface area contributed by atoms with E-state index in [1.165, 1.54) is 0 Å². The summed E-state index contributed by atoms with van der Waals surface area (Å²) in [6.45, 7) is 0. The molecule has 1 aromatic carbocycles. The number of carbonyl (C=O) groups excluding carboxylic acids is 1. The second-order valence-electron chi connectivity index (χ2n) is 3.89. The molecule has 5 nitrogen and oxygen atoms in total. The Morgan fingerprint density at radius 3 is 2.35 bits per heavy atom. The third-order valence-electron chi connectivity index (χ3n) is 2.52. The van der Waals surface area contributed by atoms with Gasteiger partial charge in [-0.2, -0.15) is 0 Å². The maximum absolute atomic E-state index is 11.0. The van der Waals surface area contributed by atoms with Gasteiger partial charge >= 0.3 is 5.97 Å². The average molecular weight is 236 g/mol. The van der Waals surface area contributed by atoms with Crippen molar-refractivity contribution in [3.63, 3.8) is 0 Å². The van der Waals surface area contributed by atoms with Gasteiger partial charge in [0.1, 0.15) is 0 Å². The molecule has 0 saturated carbocycles. The van der Waals surface area contributed by atoms with Gasteiger partial charge < -0.3 is 20.7 Å². The summed E-state index contributed by atoms with van der Waals surface area (Å²) in [5, 5.41) is 19.5. The molecule has 0 fully saturated rings. The fraction of sp³-hybridized carbons (Fsp3) is 0.333. The second kappa shape index (κ2) is 6.00. The van der Waals surface area contributed by atoms with Gasteiger partial charge in [-0.05, 0) is 18.4 Å². The third-order valence-corrected chi connectivity index (χ3v) is 2.52. The Bertz CT molecular complexity index is 391. The molecule has 0 aliphatic heterocycles. The van der Waals surface area contributed by atoms with E-state index < -0.39 is 23.9 Å². The van der Waals surface area contributed by atoms with Crippen molar-refractivity contribution >= 4 is 11.9 Å². The molecule has 0 spiro atoms. The van der Waals surface area contributed by atoms with Crippen molar-refractivity contribution in [1.82, 2.24) is 0 Å². The van der Waals surface area contributed by atoms with Crippen LogP contribution in [0, 0.1) is 5.92 Å². The smallest absolute Gasteiger partial charge is 0.306 e. The summed E-state index contributed by atoms with van der Waals surface area (Å²) in [4.78, 5) is 21.5. The Labute approximate surface area is 98.9 Å². The lowest BCUT2D eigenvalue weighted by molar-refractivity contribution is -0.307. The van der Waals surface area contributed by atoms with Gasteiger partial charge in [0.25, 0.3) is 0 Å². The molecule has 2 unspecified atom stereocenters. The van der Waals surface area contributed by atoms with Gasteiger partial charge in [0.2, 0.25) is 0 Å². The molecular formula is C12H14NO4-. The summed E-state index contributed by atoms with van der Waals surface area (Å²) < 4.78 is 0. The van der Waals surface area contributed by atoms with E-state index in [0.717, 1.165) is 5.56 Å². The normalized spacial score (nSPS) is 13.9. The van der Waals surface area contributed by atoms with Crippen molar-refractivity contribution in [2.24, 2.45) is 11.7 Å². The maximum Gasteiger partial charge on any atom is 0.306 e. The third kappa shape index (κ3) is 4.24. The molecule has 0 bridgehead atoms. The number of hydrogen-bond donors (Lipinski definition) is 2. The van der Waals surface area contributed by atoms with Crippen molar-refractivity contribution in [3.05, 3.63) is 35.9 Å². The van der Waals surface area contributed by atoms with Crippen LogP contribution >= 0.6 is 0 Å².